The van der Waals surface area contributed by atoms with E-state index in [2.05, 4.69) is 10.3 Å². The number of methoxy groups -OCH3 is 1. The fraction of sp³-hybridized carbons (Fsp3) is 0.714. The molecule has 0 aliphatic carbocycles. The zero-order valence-corrected chi connectivity index (χ0v) is 14.0. The summed E-state index contributed by atoms with van der Waals surface area (Å²) in [6.07, 6.45) is -0.310. The topological polar surface area (TPSA) is 63.7 Å². The van der Waals surface area contributed by atoms with Gasteiger partial charge in [0.1, 0.15) is 5.60 Å². The summed E-state index contributed by atoms with van der Waals surface area (Å²) < 4.78 is 10.4. The smallest absolute Gasteiger partial charge is 0.410 e. The van der Waals surface area contributed by atoms with E-state index in [1.165, 1.54) is 0 Å². The monoisotopic (exact) mass is 315 g/mol. The lowest BCUT2D eigenvalue weighted by molar-refractivity contribution is 0.0204. The second kappa shape index (κ2) is 8.96. The number of ether oxygens (including phenoxy) is 2. The average molecular weight is 315 g/mol. The Morgan fingerprint density at radius 1 is 1.43 bits per heavy atom. The lowest BCUT2D eigenvalue weighted by Crippen LogP contribution is -2.42. The van der Waals surface area contributed by atoms with Crippen LogP contribution in [0.25, 0.3) is 0 Å². The van der Waals surface area contributed by atoms with Crippen LogP contribution in [0.4, 0.5) is 4.79 Å². The predicted octanol–water partition coefficient (Wildman–Crippen LogP) is 2.12. The molecule has 0 unspecified atom stereocenters. The molecule has 7 heteroatoms. The van der Waals surface area contributed by atoms with Crippen molar-refractivity contribution in [3.63, 3.8) is 0 Å². The maximum absolute atomic E-state index is 12.1. The molecule has 0 aliphatic heterocycles. The van der Waals surface area contributed by atoms with E-state index in [9.17, 15) is 4.79 Å². The van der Waals surface area contributed by atoms with Gasteiger partial charge in [-0.05, 0) is 20.8 Å². The maximum Gasteiger partial charge on any atom is 0.410 e. The molecule has 1 heterocycles. The molecule has 0 radical (unpaired) electrons. The summed E-state index contributed by atoms with van der Waals surface area (Å²) in [5, 5.41) is 5.27. The molecule has 1 rings (SSSR count). The Kier molecular flexibility index (Phi) is 7.63. The standard InChI is InChI=1S/C14H25N3O3S/c1-14(2,3)20-13(18)17(7-8-19-4)6-5-15-9-12-10-21-11-16-12/h10-11,15H,5-9H2,1-4H3. The third-order valence-electron chi connectivity index (χ3n) is 2.57. The van der Waals surface area contributed by atoms with Gasteiger partial charge in [0.05, 0.1) is 17.8 Å². The fourth-order valence-electron chi connectivity index (χ4n) is 1.58. The first-order valence-electron chi connectivity index (χ1n) is 6.97. The summed E-state index contributed by atoms with van der Waals surface area (Å²) in [7, 11) is 1.62. The van der Waals surface area contributed by atoms with Crippen molar-refractivity contribution in [3.8, 4) is 0 Å². The summed E-state index contributed by atoms with van der Waals surface area (Å²) in [5.41, 5.74) is 2.33. The largest absolute Gasteiger partial charge is 0.444 e. The summed E-state index contributed by atoms with van der Waals surface area (Å²) in [6, 6.07) is 0. The van der Waals surface area contributed by atoms with E-state index in [1.807, 2.05) is 31.7 Å². The normalized spacial score (nSPS) is 11.4. The number of nitrogens with one attached hydrogen (secondary N) is 1. The molecule has 120 valence electrons. The minimum atomic E-state index is -0.490. The highest BCUT2D eigenvalue weighted by atomic mass is 32.1. The van der Waals surface area contributed by atoms with E-state index in [0.717, 1.165) is 5.69 Å². The Balaban J connectivity index is 2.36. The van der Waals surface area contributed by atoms with Gasteiger partial charge in [0.15, 0.2) is 0 Å². The Bertz CT molecular complexity index is 404. The van der Waals surface area contributed by atoms with Crippen molar-refractivity contribution in [1.82, 2.24) is 15.2 Å². The Morgan fingerprint density at radius 3 is 2.76 bits per heavy atom. The van der Waals surface area contributed by atoms with Crippen LogP contribution in [0.3, 0.4) is 0 Å². The molecule has 1 aromatic rings. The lowest BCUT2D eigenvalue weighted by atomic mass is 10.2. The Labute approximate surface area is 130 Å². The highest BCUT2D eigenvalue weighted by molar-refractivity contribution is 7.07. The Hall–Kier alpha value is -1.18. The SMILES string of the molecule is COCCN(CCNCc1cscn1)C(=O)OC(C)(C)C. The number of carbonyl (C=O) groups is 1. The van der Waals surface area contributed by atoms with E-state index in [-0.39, 0.29) is 6.09 Å². The molecular formula is C14H25N3O3S. The van der Waals surface area contributed by atoms with Crippen LogP contribution in [-0.4, -0.2) is 54.9 Å². The lowest BCUT2D eigenvalue weighted by Gasteiger charge is -2.27. The maximum atomic E-state index is 12.1. The van der Waals surface area contributed by atoms with Gasteiger partial charge >= 0.3 is 6.09 Å². The van der Waals surface area contributed by atoms with Crippen LogP contribution in [0, 0.1) is 0 Å². The fourth-order valence-corrected chi connectivity index (χ4v) is 2.14. The third kappa shape index (κ3) is 7.99. The molecule has 0 saturated heterocycles. The predicted molar refractivity (Wildman–Crippen MR) is 83.5 cm³/mol. The van der Waals surface area contributed by atoms with Crippen molar-refractivity contribution in [3.05, 3.63) is 16.6 Å². The van der Waals surface area contributed by atoms with E-state index in [4.69, 9.17) is 9.47 Å². The molecule has 21 heavy (non-hydrogen) atoms. The van der Waals surface area contributed by atoms with Crippen LogP contribution in [0.1, 0.15) is 26.5 Å². The number of amides is 1. The van der Waals surface area contributed by atoms with Gasteiger partial charge in [0.2, 0.25) is 0 Å². The number of carbonyl (C=O) groups excluding carboxylic acids is 1. The molecule has 0 saturated carbocycles. The van der Waals surface area contributed by atoms with E-state index in [0.29, 0.717) is 32.8 Å². The molecule has 0 aliphatic rings. The van der Waals surface area contributed by atoms with Crippen molar-refractivity contribution in [2.75, 3.05) is 33.4 Å². The van der Waals surface area contributed by atoms with Gasteiger partial charge in [-0.2, -0.15) is 0 Å². The molecule has 0 bridgehead atoms. The van der Waals surface area contributed by atoms with Crippen LogP contribution in [0.2, 0.25) is 0 Å². The van der Waals surface area contributed by atoms with Crippen molar-refractivity contribution < 1.29 is 14.3 Å². The quantitative estimate of drug-likeness (QED) is 0.745. The zero-order chi connectivity index (χ0) is 15.7. The minimum absolute atomic E-state index is 0.310. The number of hydrogen-bond acceptors (Lipinski definition) is 6. The average Bonchev–Trinajstić information content (AvgIpc) is 2.88. The molecule has 0 atom stereocenters. The van der Waals surface area contributed by atoms with Crippen LogP contribution in [-0.2, 0) is 16.0 Å². The molecule has 6 nitrogen and oxygen atoms in total. The van der Waals surface area contributed by atoms with E-state index in [1.54, 1.807) is 23.3 Å². The van der Waals surface area contributed by atoms with Crippen molar-refractivity contribution in [1.29, 1.82) is 0 Å². The summed E-state index contributed by atoms with van der Waals surface area (Å²) in [5.74, 6) is 0. The van der Waals surface area contributed by atoms with Gasteiger partial charge in [0, 0.05) is 38.7 Å². The Morgan fingerprint density at radius 2 is 2.19 bits per heavy atom. The summed E-state index contributed by atoms with van der Waals surface area (Å²) in [4.78, 5) is 17.9. The number of thiazole rings is 1. The van der Waals surface area contributed by atoms with Gasteiger partial charge in [-0.15, -0.1) is 11.3 Å². The summed E-state index contributed by atoms with van der Waals surface area (Å²) >= 11 is 1.57. The second-order valence-electron chi connectivity index (χ2n) is 5.62. The number of rotatable bonds is 8. The molecule has 1 aromatic heterocycles. The van der Waals surface area contributed by atoms with Gasteiger partial charge in [-0.1, -0.05) is 0 Å². The number of aromatic nitrogens is 1. The number of hydrogen-bond donors (Lipinski definition) is 1. The molecule has 1 N–H and O–H groups in total. The molecular weight excluding hydrogens is 290 g/mol. The highest BCUT2D eigenvalue weighted by Crippen LogP contribution is 2.09. The van der Waals surface area contributed by atoms with Crippen LogP contribution >= 0.6 is 11.3 Å². The van der Waals surface area contributed by atoms with Gasteiger partial charge < -0.3 is 19.7 Å². The van der Waals surface area contributed by atoms with Gasteiger partial charge in [-0.3, -0.25) is 0 Å². The molecule has 0 fully saturated rings. The molecule has 0 aromatic carbocycles. The first-order valence-corrected chi connectivity index (χ1v) is 7.91. The molecule has 0 spiro atoms. The molecule has 1 amide bonds. The minimum Gasteiger partial charge on any atom is -0.444 e. The van der Waals surface area contributed by atoms with Crippen molar-refractivity contribution in [2.24, 2.45) is 0 Å². The van der Waals surface area contributed by atoms with Crippen LogP contribution < -0.4 is 5.32 Å². The van der Waals surface area contributed by atoms with Crippen molar-refractivity contribution >= 4 is 17.4 Å². The zero-order valence-electron chi connectivity index (χ0n) is 13.2. The van der Waals surface area contributed by atoms with Gasteiger partial charge in [-0.25, -0.2) is 9.78 Å². The first kappa shape index (κ1) is 17.9. The van der Waals surface area contributed by atoms with E-state index >= 15 is 0 Å². The van der Waals surface area contributed by atoms with Crippen LogP contribution in [0.15, 0.2) is 10.9 Å². The highest BCUT2D eigenvalue weighted by Gasteiger charge is 2.21. The number of nitrogens with zero attached hydrogens (tertiary/aromatic N) is 2. The second-order valence-corrected chi connectivity index (χ2v) is 6.34. The third-order valence-corrected chi connectivity index (χ3v) is 3.20. The van der Waals surface area contributed by atoms with E-state index < -0.39 is 5.60 Å². The summed E-state index contributed by atoms with van der Waals surface area (Å²) in [6.45, 7) is 8.55. The van der Waals surface area contributed by atoms with Gasteiger partial charge in [0.25, 0.3) is 0 Å². The van der Waals surface area contributed by atoms with Crippen molar-refractivity contribution in [2.45, 2.75) is 32.9 Å². The first-order chi connectivity index (χ1) is 9.92. The van der Waals surface area contributed by atoms with Crippen LogP contribution in [0.5, 0.6) is 0 Å².